The van der Waals surface area contributed by atoms with E-state index in [9.17, 15) is 9.59 Å². The Morgan fingerprint density at radius 3 is 2.03 bits per heavy atom. The molecule has 0 spiro atoms. The van der Waals surface area contributed by atoms with Gasteiger partial charge in [0, 0.05) is 40.3 Å². The van der Waals surface area contributed by atoms with E-state index in [-0.39, 0.29) is 10.9 Å². The SMILES string of the molecule is CCc1cccc2[nH]c3cc4c(=O)c5ccc(N(CC)CC)cc5[nH]c4cc3c(=O)c12. The van der Waals surface area contributed by atoms with Crippen LogP contribution in [0.3, 0.4) is 0 Å². The van der Waals surface area contributed by atoms with Crippen LogP contribution in [0.2, 0.25) is 0 Å². The van der Waals surface area contributed by atoms with Crippen LogP contribution in [-0.4, -0.2) is 23.1 Å². The zero-order chi connectivity index (χ0) is 21.7. The molecule has 5 nitrogen and oxygen atoms in total. The second kappa shape index (κ2) is 7.27. The molecule has 31 heavy (non-hydrogen) atoms. The normalized spacial score (nSPS) is 11.7. The molecule has 0 aliphatic heterocycles. The Balaban J connectivity index is 1.86. The minimum absolute atomic E-state index is 0.000868. The second-order valence-corrected chi connectivity index (χ2v) is 7.95. The number of nitrogens with zero attached hydrogens (tertiary/aromatic N) is 1. The Morgan fingerprint density at radius 1 is 0.710 bits per heavy atom. The highest BCUT2D eigenvalue weighted by Crippen LogP contribution is 2.25. The number of H-pyrrole nitrogens is 2. The number of nitrogens with one attached hydrogen (secondary N) is 2. The molecule has 0 amide bonds. The first kappa shape index (κ1) is 19.4. The molecule has 0 atom stereocenters. The quantitative estimate of drug-likeness (QED) is 0.405. The highest BCUT2D eigenvalue weighted by Gasteiger charge is 2.13. The lowest BCUT2D eigenvalue weighted by molar-refractivity contribution is 0.867. The first-order valence-corrected chi connectivity index (χ1v) is 10.9. The van der Waals surface area contributed by atoms with Crippen molar-refractivity contribution in [2.45, 2.75) is 27.2 Å². The lowest BCUT2D eigenvalue weighted by Gasteiger charge is -2.21. The Hall–Kier alpha value is -3.60. The number of aromatic nitrogens is 2. The summed E-state index contributed by atoms with van der Waals surface area (Å²) in [6, 6.07) is 15.4. The van der Waals surface area contributed by atoms with E-state index >= 15 is 0 Å². The Labute approximate surface area is 179 Å². The van der Waals surface area contributed by atoms with Crippen LogP contribution in [0.4, 0.5) is 5.69 Å². The Bertz CT molecular complexity index is 1590. The van der Waals surface area contributed by atoms with E-state index in [0.29, 0.717) is 27.2 Å². The molecule has 5 heteroatoms. The van der Waals surface area contributed by atoms with Gasteiger partial charge in [-0.15, -0.1) is 0 Å². The zero-order valence-electron chi connectivity index (χ0n) is 18.0. The van der Waals surface area contributed by atoms with E-state index < -0.39 is 0 Å². The van der Waals surface area contributed by atoms with Gasteiger partial charge in [-0.05, 0) is 62.2 Å². The van der Waals surface area contributed by atoms with Crippen LogP contribution in [0.1, 0.15) is 26.3 Å². The monoisotopic (exact) mass is 411 g/mol. The summed E-state index contributed by atoms with van der Waals surface area (Å²) in [5, 5.41) is 2.55. The number of fused-ring (bicyclic) bond motifs is 4. The van der Waals surface area contributed by atoms with Crippen molar-refractivity contribution in [3.8, 4) is 0 Å². The number of aryl methyl sites for hydroxylation is 1. The molecule has 0 aliphatic rings. The van der Waals surface area contributed by atoms with Gasteiger partial charge in [-0.2, -0.15) is 0 Å². The Kier molecular flexibility index (Phi) is 4.54. The zero-order valence-corrected chi connectivity index (χ0v) is 18.0. The van der Waals surface area contributed by atoms with Crippen molar-refractivity contribution in [1.29, 1.82) is 0 Å². The van der Waals surface area contributed by atoms with E-state index in [4.69, 9.17) is 0 Å². The van der Waals surface area contributed by atoms with Gasteiger partial charge >= 0.3 is 0 Å². The van der Waals surface area contributed by atoms with Crippen molar-refractivity contribution in [3.05, 3.63) is 74.5 Å². The summed E-state index contributed by atoms with van der Waals surface area (Å²) in [6.07, 6.45) is 0.787. The fraction of sp³-hybridized carbons (Fsp3) is 0.231. The third kappa shape index (κ3) is 2.92. The van der Waals surface area contributed by atoms with Crippen LogP contribution >= 0.6 is 0 Å². The van der Waals surface area contributed by atoms with Gasteiger partial charge in [0.15, 0.2) is 10.9 Å². The van der Waals surface area contributed by atoms with Gasteiger partial charge in [0.05, 0.1) is 22.1 Å². The van der Waals surface area contributed by atoms with Gasteiger partial charge in [0.25, 0.3) is 0 Å². The fourth-order valence-electron chi connectivity index (χ4n) is 4.64. The molecule has 156 valence electrons. The van der Waals surface area contributed by atoms with Crippen molar-refractivity contribution in [2.75, 3.05) is 18.0 Å². The van der Waals surface area contributed by atoms with Crippen LogP contribution in [0.25, 0.3) is 43.6 Å². The Morgan fingerprint density at radius 2 is 1.35 bits per heavy atom. The van der Waals surface area contributed by atoms with Gasteiger partial charge in [0.1, 0.15) is 0 Å². The molecule has 0 radical (unpaired) electrons. The summed E-state index contributed by atoms with van der Waals surface area (Å²) in [5.74, 6) is 0. The molecule has 0 unspecified atom stereocenters. The maximum absolute atomic E-state index is 13.4. The molecular weight excluding hydrogens is 386 g/mol. The smallest absolute Gasteiger partial charge is 0.197 e. The number of rotatable bonds is 4. The van der Waals surface area contributed by atoms with Gasteiger partial charge in [-0.3, -0.25) is 9.59 Å². The summed E-state index contributed by atoms with van der Waals surface area (Å²) in [7, 11) is 0. The third-order valence-corrected chi connectivity index (χ3v) is 6.32. The maximum atomic E-state index is 13.4. The number of anilines is 1. The van der Waals surface area contributed by atoms with E-state index in [2.05, 4.69) is 35.6 Å². The molecule has 5 aromatic rings. The summed E-state index contributed by atoms with van der Waals surface area (Å²) in [5.41, 5.74) is 5.02. The van der Waals surface area contributed by atoms with E-state index in [1.807, 2.05) is 42.5 Å². The first-order chi connectivity index (χ1) is 15.0. The lowest BCUT2D eigenvalue weighted by atomic mass is 10.0. The molecule has 0 saturated carbocycles. The number of hydrogen-bond acceptors (Lipinski definition) is 3. The van der Waals surface area contributed by atoms with Crippen LogP contribution in [0, 0.1) is 0 Å². The van der Waals surface area contributed by atoms with Crippen molar-refractivity contribution in [1.82, 2.24) is 9.97 Å². The predicted octanol–water partition coefficient (Wildman–Crippen LogP) is 5.08. The standard InChI is InChI=1S/C26H25N3O2/c1-4-15-8-7-9-20-24(15)26(31)19-14-22-18(13-23(19)27-20)25(30)17-11-10-16(12-21(17)28-22)29(5-2)6-3/h7-14H,4-6H2,1-3H3,(H,27,31)(H,28,30). The van der Waals surface area contributed by atoms with E-state index in [1.54, 1.807) is 6.07 Å². The van der Waals surface area contributed by atoms with Crippen molar-refractivity contribution in [2.24, 2.45) is 0 Å². The number of benzene rings is 3. The highest BCUT2D eigenvalue weighted by molar-refractivity contribution is 6.03. The van der Waals surface area contributed by atoms with Crippen LogP contribution in [-0.2, 0) is 6.42 Å². The van der Waals surface area contributed by atoms with Gasteiger partial charge < -0.3 is 14.9 Å². The fourth-order valence-corrected chi connectivity index (χ4v) is 4.64. The van der Waals surface area contributed by atoms with E-state index in [0.717, 1.165) is 47.2 Å². The largest absolute Gasteiger partial charge is 0.372 e. The molecule has 0 fully saturated rings. The van der Waals surface area contributed by atoms with Gasteiger partial charge in [-0.25, -0.2) is 0 Å². The van der Waals surface area contributed by atoms with Gasteiger partial charge in [-0.1, -0.05) is 19.1 Å². The molecule has 3 aromatic carbocycles. The summed E-state index contributed by atoms with van der Waals surface area (Å²) < 4.78 is 0. The predicted molar refractivity (Wildman–Crippen MR) is 131 cm³/mol. The third-order valence-electron chi connectivity index (χ3n) is 6.32. The van der Waals surface area contributed by atoms with Crippen molar-refractivity contribution >= 4 is 49.3 Å². The maximum Gasteiger partial charge on any atom is 0.197 e. The minimum atomic E-state index is -0.0278. The summed E-state index contributed by atoms with van der Waals surface area (Å²) in [4.78, 5) is 35.7. The highest BCUT2D eigenvalue weighted by atomic mass is 16.1. The van der Waals surface area contributed by atoms with Gasteiger partial charge in [0.2, 0.25) is 0 Å². The van der Waals surface area contributed by atoms with Crippen molar-refractivity contribution in [3.63, 3.8) is 0 Å². The molecule has 2 aromatic heterocycles. The molecule has 0 saturated heterocycles. The minimum Gasteiger partial charge on any atom is -0.372 e. The van der Waals surface area contributed by atoms with E-state index in [1.165, 1.54) is 0 Å². The second-order valence-electron chi connectivity index (χ2n) is 7.95. The number of pyridine rings is 2. The molecule has 2 N–H and O–H groups in total. The molecule has 5 rings (SSSR count). The lowest BCUT2D eigenvalue weighted by Crippen LogP contribution is -2.21. The summed E-state index contributed by atoms with van der Waals surface area (Å²) in [6.45, 7) is 8.07. The molecule has 0 aliphatic carbocycles. The molecule has 2 heterocycles. The first-order valence-electron chi connectivity index (χ1n) is 10.9. The van der Waals surface area contributed by atoms with Crippen molar-refractivity contribution < 1.29 is 0 Å². The topological polar surface area (TPSA) is 69.0 Å². The average molecular weight is 412 g/mol. The number of aromatic amines is 2. The average Bonchev–Trinajstić information content (AvgIpc) is 2.79. The molecule has 0 bridgehead atoms. The summed E-state index contributed by atoms with van der Waals surface area (Å²) >= 11 is 0. The molecular formula is C26H25N3O2. The number of hydrogen-bond donors (Lipinski definition) is 2. The van der Waals surface area contributed by atoms with Crippen LogP contribution < -0.4 is 15.8 Å². The van der Waals surface area contributed by atoms with Crippen LogP contribution in [0.5, 0.6) is 0 Å². The van der Waals surface area contributed by atoms with Crippen LogP contribution in [0.15, 0.2) is 58.1 Å².